The lowest BCUT2D eigenvalue weighted by Gasteiger charge is -2.33. The van der Waals surface area contributed by atoms with Gasteiger partial charge in [-0.15, -0.1) is 24.0 Å². The highest BCUT2D eigenvalue weighted by Gasteiger charge is 2.19. The molecule has 0 saturated carbocycles. The third kappa shape index (κ3) is 6.91. The number of rotatable bonds is 4. The molecule has 2 aliphatic heterocycles. The van der Waals surface area contributed by atoms with E-state index in [4.69, 9.17) is 4.74 Å². The number of aliphatic imine (C=N–C) groups is 1. The first kappa shape index (κ1) is 22.4. The number of nitrogens with zero attached hydrogens (tertiary/aromatic N) is 3. The molecule has 2 aliphatic rings. The van der Waals surface area contributed by atoms with Crippen molar-refractivity contribution in [1.29, 1.82) is 0 Å². The molecular weight excluding hydrogens is 451 g/mol. The quantitative estimate of drug-likeness (QED) is 0.403. The second-order valence-corrected chi connectivity index (χ2v) is 7.81. The van der Waals surface area contributed by atoms with Crippen LogP contribution in [-0.2, 0) is 17.8 Å². The Kier molecular flexibility index (Phi) is 9.32. The van der Waals surface area contributed by atoms with Gasteiger partial charge in [0.15, 0.2) is 5.96 Å². The van der Waals surface area contributed by atoms with Gasteiger partial charge < -0.3 is 15.0 Å². The van der Waals surface area contributed by atoms with Gasteiger partial charge in [0.1, 0.15) is 0 Å². The molecular formula is C21H35IN4O. The molecule has 0 aromatic heterocycles. The molecule has 0 spiro atoms. The SMILES string of the molecule is CN=C(NCc1cccc(CN2CCOC(C)C2)c1)N1CCC(C)CC1.I. The fraction of sp³-hybridized carbons (Fsp3) is 0.667. The lowest BCUT2D eigenvalue weighted by Crippen LogP contribution is -2.45. The van der Waals surface area contributed by atoms with E-state index in [-0.39, 0.29) is 24.0 Å². The van der Waals surface area contributed by atoms with Crippen LogP contribution >= 0.6 is 24.0 Å². The van der Waals surface area contributed by atoms with Gasteiger partial charge in [-0.2, -0.15) is 0 Å². The summed E-state index contributed by atoms with van der Waals surface area (Å²) < 4.78 is 5.64. The third-order valence-electron chi connectivity index (χ3n) is 5.47. The number of guanidine groups is 1. The van der Waals surface area contributed by atoms with Crippen molar-refractivity contribution in [2.24, 2.45) is 10.9 Å². The van der Waals surface area contributed by atoms with E-state index in [0.29, 0.717) is 6.10 Å². The Hall–Kier alpha value is -0.860. The van der Waals surface area contributed by atoms with Crippen LogP contribution in [0.4, 0.5) is 0 Å². The van der Waals surface area contributed by atoms with Gasteiger partial charge in [0.2, 0.25) is 0 Å². The van der Waals surface area contributed by atoms with Crippen molar-refractivity contribution in [3.05, 3.63) is 35.4 Å². The molecule has 1 N–H and O–H groups in total. The maximum absolute atomic E-state index is 5.64. The molecule has 27 heavy (non-hydrogen) atoms. The summed E-state index contributed by atoms with van der Waals surface area (Å²) >= 11 is 0. The second-order valence-electron chi connectivity index (χ2n) is 7.81. The Morgan fingerprint density at radius 2 is 1.93 bits per heavy atom. The van der Waals surface area contributed by atoms with E-state index in [1.807, 2.05) is 7.05 Å². The van der Waals surface area contributed by atoms with Crippen LogP contribution in [0.1, 0.15) is 37.8 Å². The van der Waals surface area contributed by atoms with E-state index >= 15 is 0 Å². The van der Waals surface area contributed by atoms with E-state index in [1.165, 1.54) is 24.0 Å². The molecule has 152 valence electrons. The van der Waals surface area contributed by atoms with E-state index in [2.05, 4.69) is 58.2 Å². The maximum atomic E-state index is 5.64. The largest absolute Gasteiger partial charge is 0.376 e. The first-order valence-electron chi connectivity index (χ1n) is 10.0. The average molecular weight is 486 g/mol. The van der Waals surface area contributed by atoms with Crippen molar-refractivity contribution in [2.75, 3.05) is 39.8 Å². The van der Waals surface area contributed by atoms with Crippen molar-refractivity contribution < 1.29 is 4.74 Å². The maximum Gasteiger partial charge on any atom is 0.193 e. The molecule has 1 aromatic carbocycles. The fourth-order valence-corrected chi connectivity index (χ4v) is 3.86. The Morgan fingerprint density at radius 3 is 2.63 bits per heavy atom. The minimum absolute atomic E-state index is 0. The highest BCUT2D eigenvalue weighted by Crippen LogP contribution is 2.16. The zero-order chi connectivity index (χ0) is 18.4. The van der Waals surface area contributed by atoms with Crippen LogP contribution in [0.25, 0.3) is 0 Å². The molecule has 2 saturated heterocycles. The van der Waals surface area contributed by atoms with Gasteiger partial charge in [0.25, 0.3) is 0 Å². The summed E-state index contributed by atoms with van der Waals surface area (Å²) in [6.07, 6.45) is 2.85. The number of hydrogen-bond acceptors (Lipinski definition) is 3. The van der Waals surface area contributed by atoms with E-state index in [1.54, 1.807) is 0 Å². The van der Waals surface area contributed by atoms with Gasteiger partial charge >= 0.3 is 0 Å². The van der Waals surface area contributed by atoms with Crippen molar-refractivity contribution >= 4 is 29.9 Å². The molecule has 1 atom stereocenters. The topological polar surface area (TPSA) is 40.1 Å². The molecule has 6 heteroatoms. The van der Waals surface area contributed by atoms with E-state index in [9.17, 15) is 0 Å². The molecule has 3 rings (SSSR count). The average Bonchev–Trinajstić information content (AvgIpc) is 2.64. The van der Waals surface area contributed by atoms with Crippen LogP contribution in [0.3, 0.4) is 0 Å². The highest BCUT2D eigenvalue weighted by molar-refractivity contribution is 14.0. The van der Waals surface area contributed by atoms with Crippen molar-refractivity contribution in [3.63, 3.8) is 0 Å². The van der Waals surface area contributed by atoms with Crippen molar-refractivity contribution in [3.8, 4) is 0 Å². The number of benzene rings is 1. The summed E-state index contributed by atoms with van der Waals surface area (Å²) in [5, 5.41) is 3.55. The number of hydrogen-bond donors (Lipinski definition) is 1. The molecule has 1 aromatic rings. The van der Waals surface area contributed by atoms with Gasteiger partial charge in [0.05, 0.1) is 12.7 Å². The molecule has 0 aliphatic carbocycles. The van der Waals surface area contributed by atoms with Gasteiger partial charge in [-0.25, -0.2) is 0 Å². The van der Waals surface area contributed by atoms with Crippen molar-refractivity contribution in [2.45, 2.75) is 45.9 Å². The lowest BCUT2D eigenvalue weighted by atomic mass is 9.99. The first-order valence-corrected chi connectivity index (χ1v) is 10.0. The zero-order valence-electron chi connectivity index (χ0n) is 17.0. The van der Waals surface area contributed by atoms with Gasteiger partial charge in [-0.3, -0.25) is 9.89 Å². The fourth-order valence-electron chi connectivity index (χ4n) is 3.86. The molecule has 0 radical (unpaired) electrons. The number of likely N-dealkylation sites (tertiary alicyclic amines) is 1. The normalized spacial score (nSPS) is 22.4. The molecule has 0 bridgehead atoms. The Labute approximate surface area is 181 Å². The summed E-state index contributed by atoms with van der Waals surface area (Å²) in [6, 6.07) is 8.91. The monoisotopic (exact) mass is 486 g/mol. The third-order valence-corrected chi connectivity index (χ3v) is 5.47. The van der Waals surface area contributed by atoms with E-state index in [0.717, 1.165) is 57.8 Å². The summed E-state index contributed by atoms with van der Waals surface area (Å²) in [6.45, 7) is 11.4. The van der Waals surface area contributed by atoms with Crippen LogP contribution < -0.4 is 5.32 Å². The number of morpholine rings is 1. The summed E-state index contributed by atoms with van der Waals surface area (Å²) in [5.41, 5.74) is 2.69. The predicted molar refractivity (Wildman–Crippen MR) is 123 cm³/mol. The Morgan fingerprint density at radius 1 is 1.19 bits per heavy atom. The Bertz CT molecular complexity index is 602. The van der Waals surface area contributed by atoms with Crippen LogP contribution in [-0.4, -0.2) is 61.7 Å². The molecule has 2 fully saturated rings. The van der Waals surface area contributed by atoms with Gasteiger partial charge in [-0.1, -0.05) is 31.2 Å². The first-order chi connectivity index (χ1) is 12.6. The molecule has 5 nitrogen and oxygen atoms in total. The standard InChI is InChI=1S/C21H34N4O.HI/c1-17-7-9-25(10-8-17)21(22-3)23-14-19-5-4-6-20(13-19)16-24-11-12-26-18(2)15-24;/h4-6,13,17-18H,7-12,14-16H2,1-3H3,(H,22,23);1H. The number of ether oxygens (including phenoxy) is 1. The van der Waals surface area contributed by atoms with Crippen molar-refractivity contribution in [1.82, 2.24) is 15.1 Å². The minimum atomic E-state index is 0. The summed E-state index contributed by atoms with van der Waals surface area (Å²) in [5.74, 6) is 1.87. The van der Waals surface area contributed by atoms with Crippen LogP contribution in [0, 0.1) is 5.92 Å². The highest BCUT2D eigenvalue weighted by atomic mass is 127. The molecule has 2 heterocycles. The number of nitrogens with one attached hydrogen (secondary N) is 1. The van der Waals surface area contributed by atoms with Crippen LogP contribution in [0.5, 0.6) is 0 Å². The summed E-state index contributed by atoms with van der Waals surface area (Å²) in [4.78, 5) is 9.35. The molecule has 0 amide bonds. The second kappa shape index (κ2) is 11.2. The summed E-state index contributed by atoms with van der Waals surface area (Å²) in [7, 11) is 1.89. The predicted octanol–water partition coefficient (Wildman–Crippen LogP) is 3.33. The van der Waals surface area contributed by atoms with Gasteiger partial charge in [0, 0.05) is 46.3 Å². The van der Waals surface area contributed by atoms with Crippen LogP contribution in [0.2, 0.25) is 0 Å². The molecule has 1 unspecified atom stereocenters. The Balaban J connectivity index is 0.00000261. The van der Waals surface area contributed by atoms with Gasteiger partial charge in [-0.05, 0) is 36.8 Å². The van der Waals surface area contributed by atoms with Crippen LogP contribution in [0.15, 0.2) is 29.3 Å². The number of piperidine rings is 1. The smallest absolute Gasteiger partial charge is 0.193 e. The lowest BCUT2D eigenvalue weighted by molar-refractivity contribution is -0.0212. The number of halogens is 1. The van der Waals surface area contributed by atoms with E-state index < -0.39 is 0 Å². The zero-order valence-corrected chi connectivity index (χ0v) is 19.3. The minimum Gasteiger partial charge on any atom is -0.376 e.